The van der Waals surface area contributed by atoms with Crippen LogP contribution in [0.4, 0.5) is 10.5 Å². The first-order valence-electron chi connectivity index (χ1n) is 6.84. The van der Waals surface area contributed by atoms with E-state index in [-0.39, 0.29) is 11.3 Å². The van der Waals surface area contributed by atoms with Gasteiger partial charge in [0.25, 0.3) is 11.6 Å². The number of hydrazone groups is 1. The predicted octanol–water partition coefficient (Wildman–Crippen LogP) is 1.13. The minimum atomic E-state index is -1.74. The summed E-state index contributed by atoms with van der Waals surface area (Å²) in [6.07, 6.45) is -1.74. The van der Waals surface area contributed by atoms with Crippen molar-refractivity contribution in [2.24, 2.45) is 5.10 Å². The predicted molar refractivity (Wildman–Crippen MR) is 83.6 cm³/mol. The highest BCUT2D eigenvalue weighted by Gasteiger charge is 2.42. The summed E-state index contributed by atoms with van der Waals surface area (Å²) in [5.41, 5.74) is -1.00. The Hall–Kier alpha value is -4.03. The van der Waals surface area contributed by atoms with Gasteiger partial charge in [0.1, 0.15) is 11.1 Å². The maximum atomic E-state index is 11.7. The molecule has 1 aromatic carbocycles. The highest BCUT2D eigenvalue weighted by molar-refractivity contribution is 6.01. The van der Waals surface area contributed by atoms with Crippen LogP contribution < -0.4 is 5.32 Å². The first-order chi connectivity index (χ1) is 12.1. The third kappa shape index (κ3) is 3.40. The molecular weight excluding hydrogens is 354 g/mol. The molecule has 0 aromatic heterocycles. The van der Waals surface area contributed by atoms with E-state index in [1.165, 1.54) is 19.1 Å². The fourth-order valence-corrected chi connectivity index (χ4v) is 2.50. The number of benzene rings is 1. The van der Waals surface area contributed by atoms with Gasteiger partial charge in [0, 0.05) is 17.8 Å². The molecule has 13 heteroatoms. The van der Waals surface area contributed by atoms with Crippen LogP contribution in [0.5, 0.6) is 0 Å². The monoisotopic (exact) mass is 365 g/mol. The van der Waals surface area contributed by atoms with E-state index in [0.717, 1.165) is 12.1 Å². The molecule has 26 heavy (non-hydrogen) atoms. The number of carboxylic acid groups (broad SMARTS) is 2. The van der Waals surface area contributed by atoms with Gasteiger partial charge in [0.05, 0.1) is 10.5 Å². The molecule has 3 N–H and O–H groups in total. The second-order valence-corrected chi connectivity index (χ2v) is 5.04. The number of guanidine groups is 1. The molecule has 1 heterocycles. The molecule has 0 saturated heterocycles. The molecule has 1 atom stereocenters. The highest BCUT2D eigenvalue weighted by atomic mass is 16.7. The number of hydrogen-bond acceptors (Lipinski definition) is 6. The van der Waals surface area contributed by atoms with Crippen LogP contribution in [0, 0.1) is 20.2 Å². The van der Waals surface area contributed by atoms with Crippen molar-refractivity contribution in [1.82, 2.24) is 10.2 Å². The van der Waals surface area contributed by atoms with E-state index < -0.39 is 45.3 Å². The zero-order chi connectivity index (χ0) is 19.6. The van der Waals surface area contributed by atoms with Crippen molar-refractivity contribution >= 4 is 23.7 Å². The third-order valence-electron chi connectivity index (χ3n) is 3.47. The largest absolute Gasteiger partial charge is 0.478 e. The molecular formula is C13H11N5O8. The van der Waals surface area contributed by atoms with E-state index in [4.69, 9.17) is 0 Å². The minimum absolute atomic E-state index is 0.0594. The standard InChI is InChI=1S/C13H11N5O8/c1-6-9(11(19)20)10(7-3-2-4-8(5-7)17(23)24)16(13(21)22)12(14-6)15-18(25)26/h2-5,10H,1H3,(H,14,15)(H,19,20)(H,21,22). The van der Waals surface area contributed by atoms with Gasteiger partial charge in [-0.3, -0.25) is 10.1 Å². The van der Waals surface area contributed by atoms with Crippen LogP contribution >= 0.6 is 0 Å². The van der Waals surface area contributed by atoms with Crippen molar-refractivity contribution in [3.8, 4) is 0 Å². The summed E-state index contributed by atoms with van der Waals surface area (Å²) in [4.78, 5) is 44.5. The van der Waals surface area contributed by atoms with E-state index >= 15 is 0 Å². The second kappa shape index (κ2) is 6.84. The molecule has 2 rings (SSSR count). The molecule has 1 aliphatic heterocycles. The number of allylic oxidation sites excluding steroid dienone is 1. The van der Waals surface area contributed by atoms with E-state index in [2.05, 4.69) is 10.4 Å². The van der Waals surface area contributed by atoms with Crippen LogP contribution in [-0.4, -0.2) is 43.1 Å². The summed E-state index contributed by atoms with van der Waals surface area (Å²) < 4.78 is 0. The number of nitro groups is 2. The van der Waals surface area contributed by atoms with Crippen LogP contribution in [0.2, 0.25) is 0 Å². The van der Waals surface area contributed by atoms with Gasteiger partial charge in [0.15, 0.2) is 5.03 Å². The number of nitro benzene ring substituents is 1. The van der Waals surface area contributed by atoms with Gasteiger partial charge in [-0.2, -0.15) is 0 Å². The summed E-state index contributed by atoms with van der Waals surface area (Å²) in [6.45, 7) is 1.27. The van der Waals surface area contributed by atoms with Gasteiger partial charge in [-0.05, 0) is 12.5 Å². The lowest BCUT2D eigenvalue weighted by Gasteiger charge is -2.34. The zero-order valence-electron chi connectivity index (χ0n) is 13.0. The average Bonchev–Trinajstić information content (AvgIpc) is 2.52. The van der Waals surface area contributed by atoms with Crippen LogP contribution in [-0.2, 0) is 4.79 Å². The number of aliphatic carboxylic acids is 1. The van der Waals surface area contributed by atoms with Crippen molar-refractivity contribution < 1.29 is 29.8 Å². The van der Waals surface area contributed by atoms with Gasteiger partial charge < -0.3 is 15.5 Å². The molecule has 13 nitrogen and oxygen atoms in total. The van der Waals surface area contributed by atoms with Crippen molar-refractivity contribution in [1.29, 1.82) is 0 Å². The minimum Gasteiger partial charge on any atom is -0.478 e. The lowest BCUT2D eigenvalue weighted by atomic mass is 9.94. The number of non-ortho nitro benzene ring substituents is 1. The quantitative estimate of drug-likeness (QED) is 0.518. The molecule has 0 saturated carbocycles. The summed E-state index contributed by atoms with van der Waals surface area (Å²) in [5, 5.41) is 44.6. The fourth-order valence-electron chi connectivity index (χ4n) is 2.50. The number of amides is 1. The molecule has 0 fully saturated rings. The van der Waals surface area contributed by atoms with E-state index in [1.54, 1.807) is 0 Å². The summed E-state index contributed by atoms with van der Waals surface area (Å²) >= 11 is 0. The Labute approximate surface area is 144 Å². The number of nitrogens with zero attached hydrogens (tertiary/aromatic N) is 4. The summed E-state index contributed by atoms with van der Waals surface area (Å²) in [6, 6.07) is 3.07. The Morgan fingerprint density at radius 1 is 1.27 bits per heavy atom. The lowest BCUT2D eigenvalue weighted by molar-refractivity contribution is -0.485. The van der Waals surface area contributed by atoms with Crippen LogP contribution in [0.3, 0.4) is 0 Å². The molecule has 0 bridgehead atoms. The lowest BCUT2D eigenvalue weighted by Crippen LogP contribution is -2.52. The van der Waals surface area contributed by atoms with Gasteiger partial charge in [0.2, 0.25) is 0 Å². The Balaban J connectivity index is 2.76. The van der Waals surface area contributed by atoms with Gasteiger partial charge >= 0.3 is 12.1 Å². The first kappa shape index (κ1) is 18.3. The topological polar surface area (TPSA) is 189 Å². The van der Waals surface area contributed by atoms with E-state index in [0.29, 0.717) is 4.90 Å². The Morgan fingerprint density at radius 3 is 2.42 bits per heavy atom. The Morgan fingerprint density at radius 2 is 1.92 bits per heavy atom. The highest BCUT2D eigenvalue weighted by Crippen LogP contribution is 2.35. The first-order valence-corrected chi connectivity index (χ1v) is 6.84. The SMILES string of the molecule is CC1=C(C(=O)O)C(c2cccc([N+](=O)[O-])c2)N(C(=O)O)/C(=N\[N+](=O)[O-])N1. The van der Waals surface area contributed by atoms with Crippen molar-refractivity contribution in [3.63, 3.8) is 0 Å². The fraction of sp³-hybridized carbons (Fsp3) is 0.154. The van der Waals surface area contributed by atoms with E-state index in [9.17, 15) is 40.0 Å². The molecule has 1 aliphatic rings. The van der Waals surface area contributed by atoms with Gasteiger partial charge in [-0.15, -0.1) is 0 Å². The maximum Gasteiger partial charge on any atom is 0.415 e. The molecule has 136 valence electrons. The van der Waals surface area contributed by atoms with Crippen molar-refractivity contribution in [3.05, 3.63) is 61.3 Å². The van der Waals surface area contributed by atoms with Crippen LogP contribution in [0.1, 0.15) is 18.5 Å². The Kier molecular flexibility index (Phi) is 4.82. The Bertz CT molecular complexity index is 877. The molecule has 1 unspecified atom stereocenters. The molecule has 0 spiro atoms. The normalized spacial score (nSPS) is 18.4. The molecule has 1 amide bonds. The molecule has 1 aromatic rings. The summed E-state index contributed by atoms with van der Waals surface area (Å²) in [7, 11) is 0. The van der Waals surface area contributed by atoms with Gasteiger partial charge in [-0.1, -0.05) is 12.1 Å². The molecule has 0 radical (unpaired) electrons. The zero-order valence-corrected chi connectivity index (χ0v) is 13.0. The average molecular weight is 365 g/mol. The van der Waals surface area contributed by atoms with Crippen LogP contribution in [0.25, 0.3) is 0 Å². The maximum absolute atomic E-state index is 11.7. The van der Waals surface area contributed by atoms with Crippen molar-refractivity contribution in [2.45, 2.75) is 13.0 Å². The smallest absolute Gasteiger partial charge is 0.415 e. The number of rotatable bonds is 4. The number of carboxylic acids is 1. The van der Waals surface area contributed by atoms with Gasteiger partial charge in [-0.25, -0.2) is 24.6 Å². The number of nitrogens with one attached hydrogen (secondary N) is 1. The molecule has 0 aliphatic carbocycles. The van der Waals surface area contributed by atoms with Crippen LogP contribution in [0.15, 0.2) is 40.6 Å². The van der Waals surface area contributed by atoms with E-state index in [1.807, 2.05) is 0 Å². The second-order valence-electron chi connectivity index (χ2n) is 5.04. The number of hydrogen-bond donors (Lipinski definition) is 3. The number of carbonyl (C=O) groups is 2. The summed E-state index contributed by atoms with van der Waals surface area (Å²) in [5.74, 6) is -2.24. The van der Waals surface area contributed by atoms with Crippen molar-refractivity contribution in [2.75, 3.05) is 0 Å². The third-order valence-corrected chi connectivity index (χ3v) is 3.47.